The Bertz CT molecular complexity index is 1340. The van der Waals surface area contributed by atoms with Crippen LogP contribution in [-0.4, -0.2) is 47.9 Å². The minimum absolute atomic E-state index is 0.00979. The molecule has 2 saturated carbocycles. The second-order valence-electron chi connectivity index (χ2n) is 12.5. The molecule has 2 amide bonds. The van der Waals surface area contributed by atoms with Crippen molar-refractivity contribution in [2.75, 3.05) is 5.32 Å². The summed E-state index contributed by atoms with van der Waals surface area (Å²) in [7, 11) is 0. The monoisotopic (exact) mass is 575 g/mol. The highest BCUT2D eigenvalue weighted by atomic mass is 16.3. The van der Waals surface area contributed by atoms with Gasteiger partial charge < -0.3 is 15.7 Å². The minimum Gasteiger partial charge on any atom is -0.506 e. The lowest BCUT2D eigenvalue weighted by atomic mass is 9.66. The van der Waals surface area contributed by atoms with Crippen LogP contribution >= 0.6 is 0 Å². The second-order valence-corrected chi connectivity index (χ2v) is 12.5. The molecule has 0 bridgehead atoms. The zero-order chi connectivity index (χ0) is 29.8. The summed E-state index contributed by atoms with van der Waals surface area (Å²) in [5.74, 6) is 0.160. The summed E-state index contributed by atoms with van der Waals surface area (Å²) in [4.78, 5) is 32.5. The SMILES string of the molecule is Cc1n[nH]c(C)c1-c1ncc(NC(=O)[C@@H](NC(=O)c2ccnn2C(C)C)C(C2CCCCC2)C2CCCCC2)cc1O. The van der Waals surface area contributed by atoms with E-state index in [1.165, 1.54) is 18.9 Å². The van der Waals surface area contributed by atoms with Gasteiger partial charge in [-0.1, -0.05) is 64.2 Å². The predicted octanol–water partition coefficient (Wildman–Crippen LogP) is 6.09. The molecule has 3 aromatic heterocycles. The van der Waals surface area contributed by atoms with E-state index in [2.05, 4.69) is 30.9 Å². The van der Waals surface area contributed by atoms with E-state index in [4.69, 9.17) is 0 Å². The molecular weight excluding hydrogens is 530 g/mol. The molecule has 0 unspecified atom stereocenters. The third kappa shape index (κ3) is 6.37. The van der Waals surface area contributed by atoms with Crippen molar-refractivity contribution in [1.29, 1.82) is 0 Å². The first-order chi connectivity index (χ1) is 20.2. The van der Waals surface area contributed by atoms with Crippen LogP contribution < -0.4 is 10.6 Å². The molecule has 3 aromatic rings. The quantitative estimate of drug-likeness (QED) is 0.244. The van der Waals surface area contributed by atoms with E-state index in [0.717, 1.165) is 68.3 Å². The number of nitrogens with zero attached hydrogens (tertiary/aromatic N) is 4. The van der Waals surface area contributed by atoms with Crippen molar-refractivity contribution in [2.24, 2.45) is 17.8 Å². The molecule has 2 fully saturated rings. The summed E-state index contributed by atoms with van der Waals surface area (Å²) in [6, 6.07) is 2.52. The Morgan fingerprint density at radius 1 is 1.02 bits per heavy atom. The van der Waals surface area contributed by atoms with Crippen LogP contribution in [0.25, 0.3) is 11.3 Å². The molecule has 5 rings (SSSR count). The molecule has 0 saturated heterocycles. The third-order valence-electron chi connectivity index (χ3n) is 9.23. The summed E-state index contributed by atoms with van der Waals surface area (Å²) in [5.41, 5.74) is 3.52. The average molecular weight is 576 g/mol. The van der Waals surface area contributed by atoms with Crippen molar-refractivity contribution in [3.05, 3.63) is 41.6 Å². The van der Waals surface area contributed by atoms with E-state index < -0.39 is 6.04 Å². The van der Waals surface area contributed by atoms with Crippen molar-refractivity contribution < 1.29 is 14.7 Å². The van der Waals surface area contributed by atoms with Crippen LogP contribution in [0.5, 0.6) is 5.75 Å². The molecular formula is C32H45N7O3. The average Bonchev–Trinajstić information content (AvgIpc) is 3.61. The van der Waals surface area contributed by atoms with Crippen molar-refractivity contribution in [3.8, 4) is 17.0 Å². The number of hydrogen-bond acceptors (Lipinski definition) is 6. The fourth-order valence-corrected chi connectivity index (χ4v) is 7.26. The van der Waals surface area contributed by atoms with Gasteiger partial charge in [0.05, 0.1) is 17.6 Å². The van der Waals surface area contributed by atoms with E-state index in [1.54, 1.807) is 23.1 Å². The first-order valence-electron chi connectivity index (χ1n) is 15.6. The topological polar surface area (TPSA) is 138 Å². The standard InChI is InChI=1S/C32H45N7O3/c1-19(2)39-25(15-16-34-39)31(41)36-30(28(22-11-7-5-8-12-22)23-13-9-6-10-14-23)32(42)35-24-17-26(40)29(33-18-24)27-20(3)37-38-21(27)4/h15-19,22-23,28,30,40H,5-14H2,1-4H3,(H,35,42)(H,36,41)(H,37,38)/t30-/m0/s1. The Morgan fingerprint density at radius 3 is 2.21 bits per heavy atom. The molecule has 10 heteroatoms. The molecule has 4 N–H and O–H groups in total. The van der Waals surface area contributed by atoms with Gasteiger partial charge in [0.25, 0.3) is 5.91 Å². The van der Waals surface area contributed by atoms with Gasteiger partial charge >= 0.3 is 0 Å². The maximum absolute atomic E-state index is 14.2. The lowest BCUT2D eigenvalue weighted by Gasteiger charge is -2.42. The zero-order valence-electron chi connectivity index (χ0n) is 25.3. The number of aromatic hydroxyl groups is 1. The highest BCUT2D eigenvalue weighted by Crippen LogP contribution is 2.42. The van der Waals surface area contributed by atoms with Gasteiger partial charge in [-0.2, -0.15) is 10.2 Å². The van der Waals surface area contributed by atoms with Crippen LogP contribution in [0.2, 0.25) is 0 Å². The minimum atomic E-state index is -0.723. The highest BCUT2D eigenvalue weighted by molar-refractivity contribution is 6.01. The number of anilines is 1. The van der Waals surface area contributed by atoms with Crippen LogP contribution in [0, 0.1) is 31.6 Å². The summed E-state index contributed by atoms with van der Waals surface area (Å²) in [5, 5.41) is 28.6. The van der Waals surface area contributed by atoms with Crippen LogP contribution in [0.3, 0.4) is 0 Å². The number of aryl methyl sites for hydroxylation is 2. The smallest absolute Gasteiger partial charge is 0.270 e. The molecule has 0 aliphatic heterocycles. The van der Waals surface area contributed by atoms with Crippen LogP contribution in [-0.2, 0) is 4.79 Å². The molecule has 0 spiro atoms. The van der Waals surface area contributed by atoms with Gasteiger partial charge in [-0.15, -0.1) is 0 Å². The summed E-state index contributed by atoms with van der Waals surface area (Å²) >= 11 is 0. The van der Waals surface area contributed by atoms with Gasteiger partial charge in [0.15, 0.2) is 0 Å². The number of H-pyrrole nitrogens is 1. The van der Waals surface area contributed by atoms with Gasteiger partial charge in [-0.3, -0.25) is 24.4 Å². The first-order valence-corrected chi connectivity index (χ1v) is 15.6. The van der Waals surface area contributed by atoms with E-state index in [-0.39, 0.29) is 29.5 Å². The number of aromatic nitrogens is 5. The molecule has 0 radical (unpaired) electrons. The zero-order valence-corrected chi connectivity index (χ0v) is 25.3. The van der Waals surface area contributed by atoms with Crippen molar-refractivity contribution in [1.82, 2.24) is 30.3 Å². The molecule has 10 nitrogen and oxygen atoms in total. The predicted molar refractivity (Wildman–Crippen MR) is 162 cm³/mol. The van der Waals surface area contributed by atoms with Gasteiger partial charge in [-0.05, 0) is 51.5 Å². The number of carbonyl (C=O) groups is 2. The highest BCUT2D eigenvalue weighted by Gasteiger charge is 2.41. The van der Waals surface area contributed by atoms with Crippen molar-refractivity contribution in [3.63, 3.8) is 0 Å². The second kappa shape index (κ2) is 13.1. The number of amides is 2. The van der Waals surface area contributed by atoms with Crippen LogP contribution in [0.15, 0.2) is 24.5 Å². The maximum atomic E-state index is 14.2. The van der Waals surface area contributed by atoms with E-state index >= 15 is 0 Å². The molecule has 226 valence electrons. The third-order valence-corrected chi connectivity index (χ3v) is 9.23. The molecule has 3 heterocycles. The Kier molecular flexibility index (Phi) is 9.28. The Hall–Kier alpha value is -3.69. The van der Waals surface area contributed by atoms with Crippen molar-refractivity contribution >= 4 is 17.5 Å². The van der Waals surface area contributed by atoms with Crippen LogP contribution in [0.1, 0.15) is 106 Å². The lowest BCUT2D eigenvalue weighted by Crippen LogP contribution is -2.53. The molecule has 0 aromatic carbocycles. The number of aromatic amines is 1. The largest absolute Gasteiger partial charge is 0.506 e. The normalized spacial score (nSPS) is 17.5. The Balaban J connectivity index is 1.46. The Morgan fingerprint density at radius 2 is 1.67 bits per heavy atom. The number of rotatable bonds is 9. The van der Waals surface area contributed by atoms with Gasteiger partial charge in [0, 0.05) is 29.6 Å². The maximum Gasteiger partial charge on any atom is 0.270 e. The summed E-state index contributed by atoms with van der Waals surface area (Å²) in [6.07, 6.45) is 14.5. The molecule has 2 aliphatic rings. The lowest BCUT2D eigenvalue weighted by molar-refractivity contribution is -0.120. The fraction of sp³-hybridized carbons (Fsp3) is 0.594. The number of hydrogen-bond donors (Lipinski definition) is 4. The van der Waals surface area contributed by atoms with Crippen molar-refractivity contribution in [2.45, 2.75) is 104 Å². The van der Waals surface area contributed by atoms with Crippen LogP contribution in [0.4, 0.5) is 5.69 Å². The summed E-state index contributed by atoms with van der Waals surface area (Å²) in [6.45, 7) is 7.69. The molecule has 42 heavy (non-hydrogen) atoms. The summed E-state index contributed by atoms with van der Waals surface area (Å²) < 4.78 is 1.70. The first kappa shape index (κ1) is 29.8. The van der Waals surface area contributed by atoms with Gasteiger partial charge in [0.1, 0.15) is 23.2 Å². The molecule has 2 aliphatic carbocycles. The molecule has 1 atom stereocenters. The Labute approximate surface area is 248 Å². The fourth-order valence-electron chi connectivity index (χ4n) is 7.26. The van der Waals surface area contributed by atoms with E-state index in [9.17, 15) is 14.7 Å². The van der Waals surface area contributed by atoms with E-state index in [1.807, 2.05) is 27.7 Å². The van der Waals surface area contributed by atoms with E-state index in [0.29, 0.717) is 28.9 Å². The number of nitrogens with one attached hydrogen (secondary N) is 3. The number of pyridine rings is 1. The van der Waals surface area contributed by atoms with Gasteiger partial charge in [-0.25, -0.2) is 0 Å². The van der Waals surface area contributed by atoms with Gasteiger partial charge in [0.2, 0.25) is 5.91 Å². The number of carbonyl (C=O) groups excluding carboxylic acids is 2.